The van der Waals surface area contributed by atoms with Gasteiger partial charge in [-0.3, -0.25) is 9.67 Å². The largest absolute Gasteiger partial charge is 0.497 e. The second-order valence-corrected chi connectivity index (χ2v) is 8.34. The van der Waals surface area contributed by atoms with Crippen molar-refractivity contribution in [3.8, 4) is 16.9 Å². The molecule has 0 amide bonds. The van der Waals surface area contributed by atoms with E-state index in [0.717, 1.165) is 47.4 Å². The number of aryl methyl sites for hydroxylation is 2. The number of fused-ring (bicyclic) bond motifs is 2. The minimum atomic E-state index is 0.895. The van der Waals surface area contributed by atoms with Crippen LogP contribution in [-0.4, -0.2) is 46.9 Å². The molecule has 0 N–H and O–H groups in total. The zero-order valence-corrected chi connectivity index (χ0v) is 18.5. The number of rotatable bonds is 3. The summed E-state index contributed by atoms with van der Waals surface area (Å²) in [6.45, 7) is 5.00. The average molecular weight is 414 g/mol. The maximum Gasteiger partial charge on any atom is 0.121 e. The van der Waals surface area contributed by atoms with Gasteiger partial charge in [-0.2, -0.15) is 5.10 Å². The summed E-state index contributed by atoms with van der Waals surface area (Å²) in [5.41, 5.74) is 8.14. The molecule has 0 saturated heterocycles. The number of aromatic nitrogens is 3. The summed E-state index contributed by atoms with van der Waals surface area (Å²) in [7, 11) is 5.84. The van der Waals surface area contributed by atoms with Gasteiger partial charge in [0.05, 0.1) is 18.8 Å². The van der Waals surface area contributed by atoms with E-state index >= 15 is 0 Å². The van der Waals surface area contributed by atoms with E-state index in [-0.39, 0.29) is 0 Å². The summed E-state index contributed by atoms with van der Waals surface area (Å²) in [4.78, 5) is 9.47. The lowest BCUT2D eigenvalue weighted by Crippen LogP contribution is -2.26. The number of ether oxygens (including phenoxy) is 1. The lowest BCUT2D eigenvalue weighted by atomic mass is 10.0. The molecule has 5 rings (SSSR count). The Morgan fingerprint density at radius 2 is 1.84 bits per heavy atom. The summed E-state index contributed by atoms with van der Waals surface area (Å²) in [6, 6.07) is 13.0. The molecule has 0 bridgehead atoms. The molecule has 0 fully saturated rings. The first kappa shape index (κ1) is 19.6. The molecule has 2 aromatic carbocycles. The number of benzene rings is 2. The zero-order chi connectivity index (χ0) is 21.5. The van der Waals surface area contributed by atoms with Crippen molar-refractivity contribution in [2.75, 3.05) is 32.1 Å². The van der Waals surface area contributed by atoms with Crippen molar-refractivity contribution in [1.29, 1.82) is 0 Å². The van der Waals surface area contributed by atoms with Crippen LogP contribution in [0.25, 0.3) is 22.0 Å². The van der Waals surface area contributed by atoms with Crippen LogP contribution in [-0.2, 0) is 13.6 Å². The quantitative estimate of drug-likeness (QED) is 0.494. The Morgan fingerprint density at radius 3 is 2.61 bits per heavy atom. The Kier molecular flexibility index (Phi) is 4.87. The van der Waals surface area contributed by atoms with E-state index in [9.17, 15) is 0 Å². The molecule has 0 atom stereocenters. The molecule has 6 heteroatoms. The monoisotopic (exact) mass is 413 g/mol. The molecule has 1 aliphatic rings. The molecular weight excluding hydrogens is 386 g/mol. The van der Waals surface area contributed by atoms with Crippen LogP contribution < -0.4 is 9.64 Å². The Balaban J connectivity index is 1.62. The highest BCUT2D eigenvalue weighted by molar-refractivity contribution is 5.87. The van der Waals surface area contributed by atoms with Gasteiger partial charge in [-0.15, -0.1) is 0 Å². The summed E-state index contributed by atoms with van der Waals surface area (Å²) >= 11 is 0. The summed E-state index contributed by atoms with van der Waals surface area (Å²) in [5, 5.41) is 5.42. The molecule has 1 aliphatic heterocycles. The highest BCUT2D eigenvalue weighted by Crippen LogP contribution is 2.37. The lowest BCUT2D eigenvalue weighted by molar-refractivity contribution is 0.343. The van der Waals surface area contributed by atoms with Crippen LogP contribution >= 0.6 is 0 Å². The van der Waals surface area contributed by atoms with Crippen molar-refractivity contribution in [2.24, 2.45) is 7.05 Å². The van der Waals surface area contributed by atoms with Gasteiger partial charge in [-0.25, -0.2) is 0 Å². The van der Waals surface area contributed by atoms with Crippen molar-refractivity contribution >= 4 is 22.3 Å². The first-order chi connectivity index (χ1) is 15.0. The third-order valence-corrected chi connectivity index (χ3v) is 6.10. The zero-order valence-electron chi connectivity index (χ0n) is 18.5. The molecule has 2 aromatic heterocycles. The van der Waals surface area contributed by atoms with Gasteiger partial charge in [-0.05, 0) is 55.4 Å². The second-order valence-electron chi connectivity index (χ2n) is 8.34. The summed E-state index contributed by atoms with van der Waals surface area (Å²) in [6.07, 6.45) is 5.81. The standard InChI is InChI=1S/C25H27N5O/c1-17-9-22(31-4)12-25-23(17)16-28(2)7-8-30(25)21-5-6-24-18(11-21)10-19(13-26-24)20-14-27-29(3)15-20/h5-6,9-15H,7-8,16H2,1-4H3. The van der Waals surface area contributed by atoms with Gasteiger partial charge in [0.1, 0.15) is 5.75 Å². The smallest absolute Gasteiger partial charge is 0.121 e. The molecule has 0 radical (unpaired) electrons. The summed E-state index contributed by atoms with van der Waals surface area (Å²) in [5.74, 6) is 0.895. The normalized spacial score (nSPS) is 14.5. The maximum absolute atomic E-state index is 5.59. The Bertz CT molecular complexity index is 1260. The first-order valence-corrected chi connectivity index (χ1v) is 10.5. The minimum Gasteiger partial charge on any atom is -0.497 e. The second kappa shape index (κ2) is 7.71. The van der Waals surface area contributed by atoms with Crippen molar-refractivity contribution in [3.63, 3.8) is 0 Å². The van der Waals surface area contributed by atoms with Crippen LogP contribution in [0.1, 0.15) is 11.1 Å². The topological polar surface area (TPSA) is 46.4 Å². The fourth-order valence-corrected chi connectivity index (χ4v) is 4.35. The molecule has 0 saturated carbocycles. The van der Waals surface area contributed by atoms with E-state index in [1.54, 1.807) is 7.11 Å². The first-order valence-electron chi connectivity index (χ1n) is 10.5. The fourth-order valence-electron chi connectivity index (χ4n) is 4.35. The van der Waals surface area contributed by atoms with E-state index in [1.165, 1.54) is 22.5 Å². The van der Waals surface area contributed by atoms with Gasteiger partial charge in [0.15, 0.2) is 0 Å². The number of methoxy groups -OCH3 is 1. The van der Waals surface area contributed by atoms with Crippen molar-refractivity contribution in [3.05, 3.63) is 66.1 Å². The van der Waals surface area contributed by atoms with E-state index in [1.807, 2.05) is 30.3 Å². The van der Waals surface area contributed by atoms with Crippen LogP contribution in [0.5, 0.6) is 5.75 Å². The SMILES string of the molecule is COc1cc(C)c2c(c1)N(c1ccc3ncc(-c4cnn(C)c4)cc3c1)CCN(C)C2. The molecule has 0 spiro atoms. The van der Waals surface area contributed by atoms with E-state index in [4.69, 9.17) is 4.74 Å². The van der Waals surface area contributed by atoms with Crippen LogP contribution in [0, 0.1) is 6.92 Å². The molecule has 0 unspecified atom stereocenters. The van der Waals surface area contributed by atoms with Gasteiger partial charge >= 0.3 is 0 Å². The molecule has 3 heterocycles. The maximum atomic E-state index is 5.59. The third-order valence-electron chi connectivity index (χ3n) is 6.10. The number of likely N-dealkylation sites (N-methyl/N-ethyl adjacent to an activating group) is 1. The van der Waals surface area contributed by atoms with Crippen molar-refractivity contribution < 1.29 is 4.74 Å². The molecule has 6 nitrogen and oxygen atoms in total. The highest BCUT2D eigenvalue weighted by atomic mass is 16.5. The van der Waals surface area contributed by atoms with Crippen LogP contribution in [0.15, 0.2) is 55.0 Å². The highest BCUT2D eigenvalue weighted by Gasteiger charge is 2.22. The number of pyridine rings is 1. The Morgan fingerprint density at radius 1 is 0.968 bits per heavy atom. The average Bonchev–Trinajstić information content (AvgIpc) is 3.13. The Labute approximate surface area is 182 Å². The molecular formula is C25H27N5O. The Hall–Kier alpha value is -3.38. The number of anilines is 2. The van der Waals surface area contributed by atoms with E-state index < -0.39 is 0 Å². The van der Waals surface area contributed by atoms with Crippen LogP contribution in [0.3, 0.4) is 0 Å². The van der Waals surface area contributed by atoms with Crippen molar-refractivity contribution in [2.45, 2.75) is 13.5 Å². The van der Waals surface area contributed by atoms with Gasteiger partial charge in [0.25, 0.3) is 0 Å². The molecule has 4 aromatic rings. The molecule has 31 heavy (non-hydrogen) atoms. The lowest BCUT2D eigenvalue weighted by Gasteiger charge is -2.26. The number of hydrogen-bond acceptors (Lipinski definition) is 5. The third kappa shape index (κ3) is 3.64. The van der Waals surface area contributed by atoms with Gasteiger partial charge < -0.3 is 14.5 Å². The van der Waals surface area contributed by atoms with E-state index in [2.05, 4.69) is 70.3 Å². The number of nitrogens with zero attached hydrogens (tertiary/aromatic N) is 5. The minimum absolute atomic E-state index is 0.895. The fraction of sp³-hybridized carbons (Fsp3) is 0.280. The van der Waals surface area contributed by atoms with Crippen molar-refractivity contribution in [1.82, 2.24) is 19.7 Å². The number of hydrogen-bond donors (Lipinski definition) is 0. The predicted octanol–water partition coefficient (Wildman–Crippen LogP) is 4.54. The van der Waals surface area contributed by atoms with Gasteiger partial charge in [0, 0.05) is 73.0 Å². The summed E-state index contributed by atoms with van der Waals surface area (Å²) < 4.78 is 7.41. The molecule has 0 aliphatic carbocycles. The van der Waals surface area contributed by atoms with Crippen LogP contribution in [0.2, 0.25) is 0 Å². The van der Waals surface area contributed by atoms with Gasteiger partial charge in [-0.1, -0.05) is 0 Å². The van der Waals surface area contributed by atoms with E-state index in [0.29, 0.717) is 0 Å². The molecule has 158 valence electrons. The van der Waals surface area contributed by atoms with Crippen LogP contribution in [0.4, 0.5) is 11.4 Å². The van der Waals surface area contributed by atoms with Gasteiger partial charge in [0.2, 0.25) is 0 Å². The predicted molar refractivity (Wildman–Crippen MR) is 125 cm³/mol.